The average Bonchev–Trinajstić information content (AvgIpc) is 2.39. The van der Waals surface area contributed by atoms with Crippen molar-refractivity contribution in [1.29, 1.82) is 0 Å². The standard InChI is InChI=1S/C12H12N2OS/c1-15-11-8-10(13-12(14-11)16-2)9-6-4-3-5-7-9/h3-8H,1-2H3. The minimum absolute atomic E-state index is 0.596. The summed E-state index contributed by atoms with van der Waals surface area (Å²) in [7, 11) is 1.61. The van der Waals surface area contributed by atoms with E-state index in [0.29, 0.717) is 5.88 Å². The third kappa shape index (κ3) is 2.33. The zero-order valence-corrected chi connectivity index (χ0v) is 9.99. The number of nitrogens with zero attached hydrogens (tertiary/aromatic N) is 2. The first kappa shape index (κ1) is 11.0. The number of hydrogen-bond donors (Lipinski definition) is 0. The fourth-order valence-corrected chi connectivity index (χ4v) is 1.73. The van der Waals surface area contributed by atoms with Gasteiger partial charge in [0.1, 0.15) is 0 Å². The quantitative estimate of drug-likeness (QED) is 0.602. The van der Waals surface area contributed by atoms with Crippen molar-refractivity contribution in [3.05, 3.63) is 36.4 Å². The van der Waals surface area contributed by atoms with Crippen LogP contribution in [0.4, 0.5) is 0 Å². The molecule has 2 rings (SSSR count). The van der Waals surface area contributed by atoms with Crippen molar-refractivity contribution in [1.82, 2.24) is 9.97 Å². The van der Waals surface area contributed by atoms with Crippen molar-refractivity contribution in [2.24, 2.45) is 0 Å². The van der Waals surface area contributed by atoms with Gasteiger partial charge in [-0.1, -0.05) is 42.1 Å². The van der Waals surface area contributed by atoms with Gasteiger partial charge in [0.05, 0.1) is 12.8 Å². The first-order valence-electron chi connectivity index (χ1n) is 4.86. The molecule has 0 radical (unpaired) electrons. The number of hydrogen-bond acceptors (Lipinski definition) is 4. The average molecular weight is 232 g/mol. The SMILES string of the molecule is COc1cc(-c2ccccc2)nc(SC)n1. The van der Waals surface area contributed by atoms with Crippen LogP contribution in [-0.4, -0.2) is 23.3 Å². The van der Waals surface area contributed by atoms with E-state index in [0.717, 1.165) is 16.4 Å². The van der Waals surface area contributed by atoms with Crippen LogP contribution >= 0.6 is 11.8 Å². The Bertz CT molecular complexity index is 451. The monoisotopic (exact) mass is 232 g/mol. The highest BCUT2D eigenvalue weighted by Crippen LogP contribution is 2.23. The fourth-order valence-electron chi connectivity index (χ4n) is 1.36. The number of aromatic nitrogens is 2. The zero-order chi connectivity index (χ0) is 11.4. The number of benzene rings is 1. The zero-order valence-electron chi connectivity index (χ0n) is 9.18. The van der Waals surface area contributed by atoms with Crippen LogP contribution in [0.5, 0.6) is 5.88 Å². The highest BCUT2D eigenvalue weighted by Gasteiger charge is 2.05. The minimum atomic E-state index is 0.596. The Balaban J connectivity index is 2.48. The number of ether oxygens (including phenoxy) is 1. The van der Waals surface area contributed by atoms with Crippen LogP contribution in [0, 0.1) is 0 Å². The lowest BCUT2D eigenvalue weighted by Gasteiger charge is -2.05. The van der Waals surface area contributed by atoms with Crippen LogP contribution in [-0.2, 0) is 0 Å². The van der Waals surface area contributed by atoms with Crippen molar-refractivity contribution < 1.29 is 4.74 Å². The molecule has 0 atom stereocenters. The third-order valence-corrected chi connectivity index (χ3v) is 2.69. The Labute approximate surface area is 98.9 Å². The largest absolute Gasteiger partial charge is 0.481 e. The Kier molecular flexibility index (Phi) is 3.41. The summed E-state index contributed by atoms with van der Waals surface area (Å²) in [6.07, 6.45) is 1.95. The lowest BCUT2D eigenvalue weighted by atomic mass is 10.1. The summed E-state index contributed by atoms with van der Waals surface area (Å²) in [5.74, 6) is 0.596. The van der Waals surface area contributed by atoms with E-state index in [9.17, 15) is 0 Å². The fraction of sp³-hybridized carbons (Fsp3) is 0.167. The molecular weight excluding hydrogens is 220 g/mol. The Morgan fingerprint density at radius 3 is 2.50 bits per heavy atom. The normalized spacial score (nSPS) is 10.1. The van der Waals surface area contributed by atoms with Gasteiger partial charge in [-0.3, -0.25) is 0 Å². The van der Waals surface area contributed by atoms with E-state index in [1.807, 2.05) is 42.7 Å². The van der Waals surface area contributed by atoms with Crippen LogP contribution < -0.4 is 4.74 Å². The van der Waals surface area contributed by atoms with E-state index in [1.165, 1.54) is 11.8 Å². The summed E-state index contributed by atoms with van der Waals surface area (Å²) >= 11 is 1.50. The van der Waals surface area contributed by atoms with Gasteiger partial charge in [0, 0.05) is 11.6 Å². The molecule has 0 bridgehead atoms. The molecule has 0 unspecified atom stereocenters. The molecule has 1 aromatic carbocycles. The van der Waals surface area contributed by atoms with Gasteiger partial charge >= 0.3 is 0 Å². The second-order valence-electron chi connectivity index (χ2n) is 3.15. The molecule has 16 heavy (non-hydrogen) atoms. The van der Waals surface area contributed by atoms with E-state index >= 15 is 0 Å². The number of thioether (sulfide) groups is 1. The van der Waals surface area contributed by atoms with E-state index in [1.54, 1.807) is 7.11 Å². The molecule has 82 valence electrons. The first-order valence-corrected chi connectivity index (χ1v) is 6.08. The van der Waals surface area contributed by atoms with E-state index in [4.69, 9.17) is 4.74 Å². The molecule has 4 heteroatoms. The Hall–Kier alpha value is -1.55. The van der Waals surface area contributed by atoms with Crippen LogP contribution in [0.15, 0.2) is 41.6 Å². The maximum absolute atomic E-state index is 5.15. The summed E-state index contributed by atoms with van der Waals surface area (Å²) in [4.78, 5) is 8.67. The van der Waals surface area contributed by atoms with Gasteiger partial charge in [0.15, 0.2) is 5.16 Å². The summed E-state index contributed by atoms with van der Waals surface area (Å²) in [6.45, 7) is 0. The Morgan fingerprint density at radius 1 is 1.12 bits per heavy atom. The molecule has 0 aliphatic carbocycles. The summed E-state index contributed by atoms with van der Waals surface area (Å²) in [5.41, 5.74) is 1.95. The van der Waals surface area contributed by atoms with Gasteiger partial charge < -0.3 is 4.74 Å². The summed E-state index contributed by atoms with van der Waals surface area (Å²) < 4.78 is 5.15. The number of rotatable bonds is 3. The van der Waals surface area contributed by atoms with Gasteiger partial charge in [0.25, 0.3) is 0 Å². The van der Waals surface area contributed by atoms with Gasteiger partial charge in [-0.05, 0) is 6.26 Å². The highest BCUT2D eigenvalue weighted by molar-refractivity contribution is 7.98. The predicted octanol–water partition coefficient (Wildman–Crippen LogP) is 2.87. The van der Waals surface area contributed by atoms with Crippen molar-refractivity contribution in [3.63, 3.8) is 0 Å². The van der Waals surface area contributed by atoms with Crippen LogP contribution in [0.2, 0.25) is 0 Å². The second-order valence-corrected chi connectivity index (χ2v) is 3.92. The molecule has 3 nitrogen and oxygen atoms in total. The lowest BCUT2D eigenvalue weighted by Crippen LogP contribution is -1.94. The molecule has 0 saturated heterocycles. The van der Waals surface area contributed by atoms with Crippen molar-refractivity contribution in [3.8, 4) is 17.1 Å². The van der Waals surface area contributed by atoms with Crippen molar-refractivity contribution >= 4 is 11.8 Å². The van der Waals surface area contributed by atoms with Gasteiger partial charge in [-0.15, -0.1) is 0 Å². The van der Waals surface area contributed by atoms with Crippen molar-refractivity contribution in [2.75, 3.05) is 13.4 Å². The first-order chi connectivity index (χ1) is 7.83. The molecule has 2 aromatic rings. The van der Waals surface area contributed by atoms with Gasteiger partial charge in [-0.25, -0.2) is 4.98 Å². The van der Waals surface area contributed by atoms with Crippen LogP contribution in [0.3, 0.4) is 0 Å². The second kappa shape index (κ2) is 4.99. The molecule has 0 saturated carbocycles. The van der Waals surface area contributed by atoms with Gasteiger partial charge in [-0.2, -0.15) is 4.98 Å². The molecule has 0 aliphatic heterocycles. The molecule has 0 N–H and O–H groups in total. The molecular formula is C12H12N2OS. The maximum Gasteiger partial charge on any atom is 0.217 e. The molecule has 0 spiro atoms. The van der Waals surface area contributed by atoms with Crippen molar-refractivity contribution in [2.45, 2.75) is 5.16 Å². The summed E-state index contributed by atoms with van der Waals surface area (Å²) in [6, 6.07) is 11.8. The number of methoxy groups -OCH3 is 1. The predicted molar refractivity (Wildman–Crippen MR) is 65.8 cm³/mol. The molecule has 0 amide bonds. The van der Waals surface area contributed by atoms with E-state index < -0.39 is 0 Å². The van der Waals surface area contributed by atoms with Crippen LogP contribution in [0.25, 0.3) is 11.3 Å². The smallest absolute Gasteiger partial charge is 0.217 e. The molecule has 0 aliphatic rings. The Morgan fingerprint density at radius 2 is 1.88 bits per heavy atom. The lowest BCUT2D eigenvalue weighted by molar-refractivity contribution is 0.392. The molecule has 1 aromatic heterocycles. The van der Waals surface area contributed by atoms with Gasteiger partial charge in [0.2, 0.25) is 5.88 Å². The highest BCUT2D eigenvalue weighted by atomic mass is 32.2. The topological polar surface area (TPSA) is 35.0 Å². The summed E-state index contributed by atoms with van der Waals surface area (Å²) in [5, 5.41) is 0.721. The third-order valence-electron chi connectivity index (χ3n) is 2.14. The maximum atomic E-state index is 5.15. The van der Waals surface area contributed by atoms with Crippen LogP contribution in [0.1, 0.15) is 0 Å². The minimum Gasteiger partial charge on any atom is -0.481 e. The molecule has 0 fully saturated rings. The molecule has 1 heterocycles. The van der Waals surface area contributed by atoms with E-state index in [2.05, 4.69) is 9.97 Å². The van der Waals surface area contributed by atoms with E-state index in [-0.39, 0.29) is 0 Å².